The molecule has 0 bridgehead atoms. The van der Waals surface area contributed by atoms with Crippen LogP contribution in [0.25, 0.3) is 10.9 Å². The molecule has 64 valence electrons. The Morgan fingerprint density at radius 3 is 2.92 bits per heavy atom. The number of para-hydroxylation sites is 1. The zero-order chi connectivity index (χ0) is 9.10. The van der Waals surface area contributed by atoms with E-state index in [1.54, 1.807) is 0 Å². The van der Waals surface area contributed by atoms with E-state index in [0.29, 0.717) is 6.42 Å². The van der Waals surface area contributed by atoms with Crippen molar-refractivity contribution < 1.29 is 0 Å². The fourth-order valence-corrected chi connectivity index (χ4v) is 1.51. The molecule has 0 amide bonds. The van der Waals surface area contributed by atoms with Crippen LogP contribution in [0.4, 0.5) is 0 Å². The average molecular weight is 170 g/mol. The Labute approximate surface area is 77.0 Å². The molecule has 0 aliphatic carbocycles. The summed E-state index contributed by atoms with van der Waals surface area (Å²) in [4.78, 5) is 0. The van der Waals surface area contributed by atoms with Crippen LogP contribution < -0.4 is 0 Å². The van der Waals surface area contributed by atoms with Crippen molar-refractivity contribution in [2.24, 2.45) is 0 Å². The molecule has 0 fully saturated rings. The smallest absolute Gasteiger partial charge is 0.0640 e. The van der Waals surface area contributed by atoms with E-state index < -0.39 is 0 Å². The lowest BCUT2D eigenvalue weighted by atomic mass is 10.2. The topological polar surface area (TPSA) is 28.7 Å². The SMILES string of the molecule is N#CCCn1ccc2ccccc21. The molecule has 1 aromatic carbocycles. The molecule has 0 saturated heterocycles. The molecule has 0 radical (unpaired) electrons. The third kappa shape index (κ3) is 1.41. The van der Waals surface area contributed by atoms with Crippen LogP contribution in [0, 0.1) is 11.3 Å². The Hall–Kier alpha value is -1.75. The largest absolute Gasteiger partial charge is 0.346 e. The standard InChI is InChI=1S/C11H10N2/c12-7-3-8-13-9-6-10-4-1-2-5-11(10)13/h1-2,4-6,9H,3,8H2. The minimum Gasteiger partial charge on any atom is -0.346 e. The van der Waals surface area contributed by atoms with E-state index >= 15 is 0 Å². The second-order valence-corrected chi connectivity index (χ2v) is 2.98. The van der Waals surface area contributed by atoms with Crippen LogP contribution in [-0.4, -0.2) is 4.57 Å². The molecule has 2 nitrogen and oxygen atoms in total. The molecule has 0 N–H and O–H groups in total. The molecule has 0 atom stereocenters. The van der Waals surface area contributed by atoms with Gasteiger partial charge < -0.3 is 4.57 Å². The lowest BCUT2D eigenvalue weighted by Crippen LogP contribution is -1.93. The van der Waals surface area contributed by atoms with Crippen molar-refractivity contribution in [1.29, 1.82) is 5.26 Å². The fraction of sp³-hybridized carbons (Fsp3) is 0.182. The first kappa shape index (κ1) is 7.88. The highest BCUT2D eigenvalue weighted by Crippen LogP contribution is 2.14. The number of hydrogen-bond acceptors (Lipinski definition) is 1. The first-order valence-corrected chi connectivity index (χ1v) is 4.32. The maximum absolute atomic E-state index is 8.47. The van der Waals surface area contributed by atoms with Crippen LogP contribution in [0.3, 0.4) is 0 Å². The van der Waals surface area contributed by atoms with Crippen LogP contribution >= 0.6 is 0 Å². The van der Waals surface area contributed by atoms with E-state index in [4.69, 9.17) is 5.26 Å². The van der Waals surface area contributed by atoms with Crippen molar-refractivity contribution in [2.75, 3.05) is 0 Å². The summed E-state index contributed by atoms with van der Waals surface area (Å²) in [6, 6.07) is 12.4. The van der Waals surface area contributed by atoms with E-state index in [-0.39, 0.29) is 0 Å². The first-order valence-electron chi connectivity index (χ1n) is 4.32. The van der Waals surface area contributed by atoms with E-state index in [2.05, 4.69) is 28.8 Å². The Kier molecular flexibility index (Phi) is 2.01. The molecule has 13 heavy (non-hydrogen) atoms. The van der Waals surface area contributed by atoms with E-state index in [0.717, 1.165) is 6.54 Å². The predicted octanol–water partition coefficient (Wildman–Crippen LogP) is 2.55. The minimum absolute atomic E-state index is 0.568. The van der Waals surface area contributed by atoms with E-state index in [9.17, 15) is 0 Å². The molecule has 1 heterocycles. The van der Waals surface area contributed by atoms with Crippen molar-refractivity contribution in [3.63, 3.8) is 0 Å². The molecule has 0 aliphatic rings. The summed E-state index contributed by atoms with van der Waals surface area (Å²) in [6.45, 7) is 0.782. The van der Waals surface area contributed by atoms with Gasteiger partial charge in [-0.2, -0.15) is 5.26 Å². The molecule has 2 aromatic rings. The van der Waals surface area contributed by atoms with Gasteiger partial charge in [0.2, 0.25) is 0 Å². The number of nitrogens with zero attached hydrogens (tertiary/aromatic N) is 2. The van der Waals surface area contributed by atoms with Gasteiger partial charge >= 0.3 is 0 Å². The highest BCUT2D eigenvalue weighted by atomic mass is 14.9. The van der Waals surface area contributed by atoms with Gasteiger partial charge in [-0.3, -0.25) is 0 Å². The number of fused-ring (bicyclic) bond motifs is 1. The number of aryl methyl sites for hydroxylation is 1. The van der Waals surface area contributed by atoms with Gasteiger partial charge in [-0.15, -0.1) is 0 Å². The van der Waals surface area contributed by atoms with Gasteiger partial charge in [0.05, 0.1) is 12.5 Å². The molecule has 0 spiro atoms. The van der Waals surface area contributed by atoms with Gasteiger partial charge in [0.15, 0.2) is 0 Å². The van der Waals surface area contributed by atoms with Crippen LogP contribution in [0.5, 0.6) is 0 Å². The van der Waals surface area contributed by atoms with Crippen molar-refractivity contribution in [1.82, 2.24) is 4.57 Å². The van der Waals surface area contributed by atoms with Crippen LogP contribution in [-0.2, 0) is 6.54 Å². The van der Waals surface area contributed by atoms with Crippen molar-refractivity contribution in [2.45, 2.75) is 13.0 Å². The number of nitriles is 1. The molecule has 0 unspecified atom stereocenters. The summed E-state index contributed by atoms with van der Waals surface area (Å²) in [5.41, 5.74) is 1.21. The summed E-state index contributed by atoms with van der Waals surface area (Å²) in [7, 11) is 0. The first-order chi connectivity index (χ1) is 6.42. The van der Waals surface area contributed by atoms with Crippen molar-refractivity contribution >= 4 is 10.9 Å². The summed E-state index contributed by atoms with van der Waals surface area (Å²) in [5.74, 6) is 0. The zero-order valence-electron chi connectivity index (χ0n) is 7.27. The van der Waals surface area contributed by atoms with E-state index in [1.165, 1.54) is 10.9 Å². The van der Waals surface area contributed by atoms with E-state index in [1.807, 2.05) is 18.3 Å². The molecule has 2 heteroatoms. The summed E-state index contributed by atoms with van der Waals surface area (Å²) in [6.07, 6.45) is 2.60. The Bertz CT molecular complexity index is 448. The highest BCUT2D eigenvalue weighted by Gasteiger charge is 1.97. The number of benzene rings is 1. The second-order valence-electron chi connectivity index (χ2n) is 2.98. The summed E-state index contributed by atoms with van der Waals surface area (Å²) < 4.78 is 2.11. The van der Waals surface area contributed by atoms with Crippen molar-refractivity contribution in [3.05, 3.63) is 36.5 Å². The normalized spacial score (nSPS) is 10.1. The molecule has 0 aliphatic heterocycles. The summed E-state index contributed by atoms with van der Waals surface area (Å²) in [5, 5.41) is 9.71. The third-order valence-electron chi connectivity index (χ3n) is 2.14. The molecule has 2 rings (SSSR count). The number of rotatable bonds is 2. The Morgan fingerprint density at radius 1 is 1.23 bits per heavy atom. The van der Waals surface area contributed by atoms with Gasteiger partial charge in [0.1, 0.15) is 0 Å². The number of aromatic nitrogens is 1. The van der Waals surface area contributed by atoms with Gasteiger partial charge in [0, 0.05) is 18.3 Å². The quantitative estimate of drug-likeness (QED) is 0.680. The molecule has 0 saturated carbocycles. The molecule has 1 aromatic heterocycles. The molecular weight excluding hydrogens is 160 g/mol. The van der Waals surface area contributed by atoms with Crippen molar-refractivity contribution in [3.8, 4) is 6.07 Å². The van der Waals surface area contributed by atoms with Crippen LogP contribution in [0.2, 0.25) is 0 Å². The number of hydrogen-bond donors (Lipinski definition) is 0. The highest BCUT2D eigenvalue weighted by molar-refractivity contribution is 5.79. The lowest BCUT2D eigenvalue weighted by Gasteiger charge is -2.00. The second kappa shape index (κ2) is 3.32. The third-order valence-corrected chi connectivity index (χ3v) is 2.14. The minimum atomic E-state index is 0.568. The van der Waals surface area contributed by atoms with Gasteiger partial charge in [0.25, 0.3) is 0 Å². The Morgan fingerprint density at radius 2 is 2.08 bits per heavy atom. The predicted molar refractivity (Wildman–Crippen MR) is 52.2 cm³/mol. The van der Waals surface area contributed by atoms with Gasteiger partial charge in [-0.25, -0.2) is 0 Å². The van der Waals surface area contributed by atoms with Gasteiger partial charge in [-0.1, -0.05) is 18.2 Å². The lowest BCUT2D eigenvalue weighted by molar-refractivity contribution is 0.744. The Balaban J connectivity index is 2.41. The maximum Gasteiger partial charge on any atom is 0.0640 e. The fourth-order valence-electron chi connectivity index (χ4n) is 1.51. The zero-order valence-corrected chi connectivity index (χ0v) is 7.27. The monoisotopic (exact) mass is 170 g/mol. The average Bonchev–Trinajstić information content (AvgIpc) is 2.58. The maximum atomic E-state index is 8.47. The molecular formula is C11H10N2. The summed E-state index contributed by atoms with van der Waals surface area (Å²) >= 11 is 0. The van der Waals surface area contributed by atoms with Crippen LogP contribution in [0.15, 0.2) is 36.5 Å². The van der Waals surface area contributed by atoms with Crippen LogP contribution in [0.1, 0.15) is 6.42 Å². The van der Waals surface area contributed by atoms with Gasteiger partial charge in [-0.05, 0) is 17.5 Å².